The highest BCUT2D eigenvalue weighted by Gasteiger charge is 2.07. The highest BCUT2D eigenvalue weighted by atomic mass is 19.1. The lowest BCUT2D eigenvalue weighted by molar-refractivity contribution is -0.117. The maximum absolute atomic E-state index is 13.4. The second-order valence-corrected chi connectivity index (χ2v) is 3.86. The topological polar surface area (TPSA) is 38.3 Å². The summed E-state index contributed by atoms with van der Waals surface area (Å²) in [5.41, 5.74) is 0.673. The molecule has 0 heterocycles. The standard InChI is InChI=1S/C13H18FNO2/c1-3-6-15-9-11(16)7-10-4-5-13(17-2)12(14)8-10/h4-5,8,15H,3,6-7,9H2,1-2H3. The number of Topliss-reactive ketones (excluding diaryl/α,β-unsaturated/α-hetero) is 1. The molecular formula is C13H18FNO2. The van der Waals surface area contributed by atoms with Crippen LogP contribution in [0.3, 0.4) is 0 Å². The number of carbonyl (C=O) groups is 1. The summed E-state index contributed by atoms with van der Waals surface area (Å²) < 4.78 is 18.2. The zero-order valence-electron chi connectivity index (χ0n) is 10.3. The van der Waals surface area contributed by atoms with Crippen LogP contribution in [0.25, 0.3) is 0 Å². The Balaban J connectivity index is 2.51. The molecule has 0 aliphatic carbocycles. The molecule has 0 spiro atoms. The van der Waals surface area contributed by atoms with Crippen LogP contribution in [0.15, 0.2) is 18.2 Å². The van der Waals surface area contributed by atoms with Gasteiger partial charge in [-0.05, 0) is 30.7 Å². The summed E-state index contributed by atoms with van der Waals surface area (Å²) in [6.45, 7) is 3.19. The third kappa shape index (κ3) is 4.53. The van der Waals surface area contributed by atoms with Gasteiger partial charge in [0.25, 0.3) is 0 Å². The summed E-state index contributed by atoms with van der Waals surface area (Å²) in [6.07, 6.45) is 1.24. The lowest BCUT2D eigenvalue weighted by Gasteiger charge is -2.05. The maximum Gasteiger partial charge on any atom is 0.165 e. The van der Waals surface area contributed by atoms with E-state index in [0.29, 0.717) is 12.1 Å². The fourth-order valence-electron chi connectivity index (χ4n) is 1.51. The van der Waals surface area contributed by atoms with Crippen LogP contribution < -0.4 is 10.1 Å². The molecule has 1 aromatic carbocycles. The zero-order valence-corrected chi connectivity index (χ0v) is 10.3. The Morgan fingerprint density at radius 3 is 2.82 bits per heavy atom. The van der Waals surface area contributed by atoms with Gasteiger partial charge in [0.05, 0.1) is 13.7 Å². The fraction of sp³-hybridized carbons (Fsp3) is 0.462. The first kappa shape index (κ1) is 13.6. The molecule has 0 aliphatic rings. The number of hydrogen-bond acceptors (Lipinski definition) is 3. The predicted octanol–water partition coefficient (Wildman–Crippen LogP) is 1.95. The molecule has 0 amide bonds. The van der Waals surface area contributed by atoms with E-state index in [-0.39, 0.29) is 18.0 Å². The van der Waals surface area contributed by atoms with Gasteiger partial charge in [-0.25, -0.2) is 4.39 Å². The number of ether oxygens (including phenoxy) is 1. The predicted molar refractivity (Wildman–Crippen MR) is 64.8 cm³/mol. The molecule has 0 atom stereocenters. The maximum atomic E-state index is 13.4. The molecule has 0 radical (unpaired) electrons. The van der Waals surface area contributed by atoms with Crippen LogP contribution in [0.1, 0.15) is 18.9 Å². The lowest BCUT2D eigenvalue weighted by atomic mass is 10.1. The number of hydrogen-bond donors (Lipinski definition) is 1. The molecule has 0 unspecified atom stereocenters. The summed E-state index contributed by atoms with van der Waals surface area (Å²) in [4.78, 5) is 11.5. The van der Waals surface area contributed by atoms with E-state index in [4.69, 9.17) is 4.74 Å². The number of rotatable bonds is 7. The third-order valence-electron chi connectivity index (χ3n) is 2.37. The number of carbonyl (C=O) groups excluding carboxylic acids is 1. The van der Waals surface area contributed by atoms with Crippen molar-refractivity contribution < 1.29 is 13.9 Å². The normalized spacial score (nSPS) is 10.3. The van der Waals surface area contributed by atoms with E-state index in [0.717, 1.165) is 13.0 Å². The second-order valence-electron chi connectivity index (χ2n) is 3.86. The summed E-state index contributed by atoms with van der Waals surface area (Å²) in [5.74, 6) is -0.173. The van der Waals surface area contributed by atoms with Gasteiger partial charge in [-0.2, -0.15) is 0 Å². The average Bonchev–Trinajstić information content (AvgIpc) is 2.29. The van der Waals surface area contributed by atoms with Crippen molar-refractivity contribution in [2.45, 2.75) is 19.8 Å². The molecule has 1 aromatic rings. The van der Waals surface area contributed by atoms with Crippen LogP contribution in [-0.4, -0.2) is 26.0 Å². The quantitative estimate of drug-likeness (QED) is 0.739. The number of nitrogens with one attached hydrogen (secondary N) is 1. The van der Waals surface area contributed by atoms with E-state index in [1.165, 1.54) is 19.2 Å². The molecule has 0 fully saturated rings. The van der Waals surface area contributed by atoms with Crippen molar-refractivity contribution in [2.75, 3.05) is 20.2 Å². The molecule has 3 nitrogen and oxygen atoms in total. The van der Waals surface area contributed by atoms with Crippen LogP contribution in [0.4, 0.5) is 4.39 Å². The highest BCUT2D eigenvalue weighted by molar-refractivity contribution is 5.82. The molecule has 0 aromatic heterocycles. The van der Waals surface area contributed by atoms with Gasteiger partial charge in [0, 0.05) is 6.42 Å². The van der Waals surface area contributed by atoms with Crippen LogP contribution in [0.2, 0.25) is 0 Å². The van der Waals surface area contributed by atoms with Crippen molar-refractivity contribution in [3.05, 3.63) is 29.6 Å². The van der Waals surface area contributed by atoms with E-state index in [2.05, 4.69) is 5.32 Å². The minimum atomic E-state index is -0.431. The highest BCUT2D eigenvalue weighted by Crippen LogP contribution is 2.17. The number of methoxy groups -OCH3 is 1. The Bertz CT molecular complexity index is 380. The van der Waals surface area contributed by atoms with Crippen molar-refractivity contribution in [1.29, 1.82) is 0 Å². The first-order valence-corrected chi connectivity index (χ1v) is 5.72. The van der Waals surface area contributed by atoms with Crippen LogP contribution in [-0.2, 0) is 11.2 Å². The van der Waals surface area contributed by atoms with Gasteiger partial charge in [0.1, 0.15) is 0 Å². The van der Waals surface area contributed by atoms with Crippen molar-refractivity contribution in [3.63, 3.8) is 0 Å². The largest absolute Gasteiger partial charge is 0.494 e. The molecule has 0 aliphatic heterocycles. The van der Waals surface area contributed by atoms with Gasteiger partial charge in [-0.15, -0.1) is 0 Å². The van der Waals surface area contributed by atoms with Gasteiger partial charge in [-0.3, -0.25) is 4.79 Å². The summed E-state index contributed by atoms with van der Waals surface area (Å²) in [6, 6.07) is 4.59. The summed E-state index contributed by atoms with van der Waals surface area (Å²) >= 11 is 0. The molecule has 0 saturated heterocycles. The van der Waals surface area contributed by atoms with E-state index < -0.39 is 5.82 Å². The van der Waals surface area contributed by atoms with E-state index >= 15 is 0 Å². The van der Waals surface area contributed by atoms with E-state index in [1.807, 2.05) is 6.92 Å². The van der Waals surface area contributed by atoms with E-state index in [9.17, 15) is 9.18 Å². The Labute approximate surface area is 101 Å². The zero-order chi connectivity index (χ0) is 12.7. The number of halogens is 1. The van der Waals surface area contributed by atoms with Gasteiger partial charge in [0.15, 0.2) is 17.3 Å². The monoisotopic (exact) mass is 239 g/mol. The molecule has 0 saturated carbocycles. The minimum Gasteiger partial charge on any atom is -0.494 e. The van der Waals surface area contributed by atoms with Crippen LogP contribution in [0, 0.1) is 5.82 Å². The van der Waals surface area contributed by atoms with Crippen molar-refractivity contribution in [2.24, 2.45) is 0 Å². The van der Waals surface area contributed by atoms with Gasteiger partial charge in [-0.1, -0.05) is 13.0 Å². The second kappa shape index (κ2) is 7.01. The summed E-state index contributed by atoms with van der Waals surface area (Å²) in [7, 11) is 1.41. The average molecular weight is 239 g/mol. The smallest absolute Gasteiger partial charge is 0.165 e. The number of benzene rings is 1. The van der Waals surface area contributed by atoms with Crippen molar-refractivity contribution in [3.8, 4) is 5.75 Å². The van der Waals surface area contributed by atoms with Crippen molar-refractivity contribution >= 4 is 5.78 Å². The molecule has 1 N–H and O–H groups in total. The molecule has 0 bridgehead atoms. The molecule has 94 valence electrons. The van der Waals surface area contributed by atoms with E-state index in [1.54, 1.807) is 6.07 Å². The van der Waals surface area contributed by atoms with Gasteiger partial charge in [0.2, 0.25) is 0 Å². The molecular weight excluding hydrogens is 221 g/mol. The molecule has 1 rings (SSSR count). The van der Waals surface area contributed by atoms with Crippen LogP contribution >= 0.6 is 0 Å². The first-order valence-electron chi connectivity index (χ1n) is 5.72. The molecule has 4 heteroatoms. The first-order chi connectivity index (χ1) is 8.17. The SMILES string of the molecule is CCCNCC(=O)Cc1ccc(OC)c(F)c1. The Kier molecular flexibility index (Phi) is 5.63. The van der Waals surface area contributed by atoms with Crippen molar-refractivity contribution in [1.82, 2.24) is 5.32 Å². The molecule has 17 heavy (non-hydrogen) atoms. The summed E-state index contributed by atoms with van der Waals surface area (Å²) in [5, 5.41) is 3.02. The Hall–Kier alpha value is -1.42. The minimum absolute atomic E-state index is 0.0583. The number of ketones is 1. The van der Waals surface area contributed by atoms with Crippen LogP contribution in [0.5, 0.6) is 5.75 Å². The fourth-order valence-corrected chi connectivity index (χ4v) is 1.51. The third-order valence-corrected chi connectivity index (χ3v) is 2.37. The van der Waals surface area contributed by atoms with Gasteiger partial charge >= 0.3 is 0 Å². The Morgan fingerprint density at radius 2 is 2.24 bits per heavy atom. The van der Waals surface area contributed by atoms with Gasteiger partial charge < -0.3 is 10.1 Å². The Morgan fingerprint density at radius 1 is 1.47 bits per heavy atom. The lowest BCUT2D eigenvalue weighted by Crippen LogP contribution is -2.24.